The van der Waals surface area contributed by atoms with Crippen molar-refractivity contribution >= 4 is 11.6 Å². The second-order valence-electron chi connectivity index (χ2n) is 6.83. The summed E-state index contributed by atoms with van der Waals surface area (Å²) in [6.07, 6.45) is 6.22. The smallest absolute Gasteiger partial charge is 0.253 e. The Labute approximate surface area is 148 Å². The summed E-state index contributed by atoms with van der Waals surface area (Å²) >= 11 is 0. The van der Waals surface area contributed by atoms with Crippen molar-refractivity contribution in [2.24, 2.45) is 5.92 Å². The molecule has 1 aliphatic carbocycles. The molecular formula is C20H25N3O2. The molecule has 1 aromatic heterocycles. The Bertz CT molecular complexity index is 724. The zero-order valence-corrected chi connectivity index (χ0v) is 14.8. The molecule has 1 heterocycles. The Balaban J connectivity index is 1.75. The SMILES string of the molecule is CN(C)c1ccc(-c2cncc(C(=O)NC(CCO)C3CC3)c2)cc1. The predicted octanol–water partition coefficient (Wildman–Crippen LogP) is 2.71. The minimum absolute atomic E-state index is 0.0560. The fraction of sp³-hybridized carbons (Fsp3) is 0.400. The van der Waals surface area contributed by atoms with Gasteiger partial charge in [0.2, 0.25) is 0 Å². The Morgan fingerprint density at radius 1 is 1.24 bits per heavy atom. The molecule has 132 valence electrons. The molecule has 2 aromatic rings. The Morgan fingerprint density at radius 3 is 2.56 bits per heavy atom. The molecule has 1 unspecified atom stereocenters. The van der Waals surface area contributed by atoms with E-state index >= 15 is 0 Å². The van der Waals surface area contributed by atoms with Crippen LogP contribution < -0.4 is 10.2 Å². The van der Waals surface area contributed by atoms with Crippen LogP contribution in [-0.2, 0) is 0 Å². The first-order valence-electron chi connectivity index (χ1n) is 8.73. The van der Waals surface area contributed by atoms with Gasteiger partial charge >= 0.3 is 0 Å². The number of aliphatic hydroxyl groups excluding tert-OH is 1. The maximum Gasteiger partial charge on any atom is 0.253 e. The molecule has 0 bridgehead atoms. The number of carbonyl (C=O) groups excluding carboxylic acids is 1. The number of aliphatic hydroxyl groups is 1. The summed E-state index contributed by atoms with van der Waals surface area (Å²) in [5.74, 6) is 0.385. The number of hydrogen-bond acceptors (Lipinski definition) is 4. The van der Waals surface area contributed by atoms with Gasteiger partial charge in [0.15, 0.2) is 0 Å². The van der Waals surface area contributed by atoms with Crippen molar-refractivity contribution in [1.82, 2.24) is 10.3 Å². The second-order valence-corrected chi connectivity index (χ2v) is 6.83. The highest BCUT2D eigenvalue weighted by Gasteiger charge is 2.32. The monoisotopic (exact) mass is 339 g/mol. The first-order chi connectivity index (χ1) is 12.1. The van der Waals surface area contributed by atoms with E-state index in [9.17, 15) is 9.90 Å². The van der Waals surface area contributed by atoms with Gasteiger partial charge in [-0.05, 0) is 48.9 Å². The zero-order chi connectivity index (χ0) is 17.8. The standard InChI is InChI=1S/C20H25N3O2/c1-23(2)18-7-5-14(6-8-18)16-11-17(13-21-12-16)20(25)22-19(9-10-24)15-3-4-15/h5-8,11-13,15,19,24H,3-4,9-10H2,1-2H3,(H,22,25). The van der Waals surface area contributed by atoms with E-state index < -0.39 is 0 Å². The topological polar surface area (TPSA) is 65.5 Å². The number of rotatable bonds is 7. The third-order valence-electron chi connectivity index (χ3n) is 4.67. The van der Waals surface area contributed by atoms with Gasteiger partial charge in [-0.2, -0.15) is 0 Å². The molecule has 25 heavy (non-hydrogen) atoms. The number of nitrogens with one attached hydrogen (secondary N) is 1. The van der Waals surface area contributed by atoms with Crippen LogP contribution in [0.1, 0.15) is 29.6 Å². The number of anilines is 1. The molecule has 0 spiro atoms. The fourth-order valence-corrected chi connectivity index (χ4v) is 2.99. The fourth-order valence-electron chi connectivity index (χ4n) is 2.99. The van der Waals surface area contributed by atoms with Gasteiger partial charge in [-0.1, -0.05) is 12.1 Å². The van der Waals surface area contributed by atoms with E-state index in [1.54, 1.807) is 12.4 Å². The van der Waals surface area contributed by atoms with Crippen molar-refractivity contribution in [1.29, 1.82) is 0 Å². The molecular weight excluding hydrogens is 314 g/mol. The van der Waals surface area contributed by atoms with Crippen LogP contribution in [0.4, 0.5) is 5.69 Å². The van der Waals surface area contributed by atoms with Gasteiger partial charge < -0.3 is 15.3 Å². The van der Waals surface area contributed by atoms with Crippen molar-refractivity contribution in [3.8, 4) is 11.1 Å². The van der Waals surface area contributed by atoms with Gasteiger partial charge in [0, 0.05) is 50.4 Å². The van der Waals surface area contributed by atoms with Gasteiger partial charge in [-0.3, -0.25) is 9.78 Å². The summed E-state index contributed by atoms with van der Waals surface area (Å²) in [5.41, 5.74) is 3.63. The number of benzene rings is 1. The van der Waals surface area contributed by atoms with Crippen molar-refractivity contribution in [2.75, 3.05) is 25.6 Å². The summed E-state index contributed by atoms with van der Waals surface area (Å²) < 4.78 is 0. The highest BCUT2D eigenvalue weighted by Crippen LogP contribution is 2.34. The van der Waals surface area contributed by atoms with Gasteiger partial charge in [-0.15, -0.1) is 0 Å². The lowest BCUT2D eigenvalue weighted by Crippen LogP contribution is -2.37. The van der Waals surface area contributed by atoms with E-state index in [-0.39, 0.29) is 18.6 Å². The van der Waals surface area contributed by atoms with Crippen LogP contribution in [0.3, 0.4) is 0 Å². The molecule has 1 atom stereocenters. The molecule has 0 aliphatic heterocycles. The molecule has 3 rings (SSSR count). The highest BCUT2D eigenvalue weighted by atomic mass is 16.3. The minimum Gasteiger partial charge on any atom is -0.396 e. The second kappa shape index (κ2) is 7.66. The highest BCUT2D eigenvalue weighted by molar-refractivity contribution is 5.95. The minimum atomic E-state index is -0.121. The lowest BCUT2D eigenvalue weighted by Gasteiger charge is -2.17. The molecule has 0 radical (unpaired) electrons. The number of carbonyl (C=O) groups is 1. The number of aromatic nitrogens is 1. The molecule has 1 aromatic carbocycles. The normalized spacial score (nSPS) is 14.8. The summed E-state index contributed by atoms with van der Waals surface area (Å²) in [4.78, 5) is 18.8. The molecule has 2 N–H and O–H groups in total. The maximum atomic E-state index is 12.5. The Kier molecular flexibility index (Phi) is 5.34. The van der Waals surface area contributed by atoms with E-state index in [1.165, 1.54) is 0 Å². The number of hydrogen-bond donors (Lipinski definition) is 2. The van der Waals surface area contributed by atoms with E-state index in [2.05, 4.69) is 10.3 Å². The van der Waals surface area contributed by atoms with Crippen molar-refractivity contribution in [2.45, 2.75) is 25.3 Å². The van der Waals surface area contributed by atoms with Crippen LogP contribution in [-0.4, -0.2) is 42.7 Å². The van der Waals surface area contributed by atoms with E-state index in [1.807, 2.05) is 49.3 Å². The van der Waals surface area contributed by atoms with Gasteiger partial charge in [0.05, 0.1) is 5.56 Å². The molecule has 5 heteroatoms. The van der Waals surface area contributed by atoms with Crippen LogP contribution in [0.15, 0.2) is 42.7 Å². The summed E-state index contributed by atoms with van der Waals surface area (Å²) in [6.45, 7) is 0.0952. The average Bonchev–Trinajstić information content (AvgIpc) is 3.46. The third-order valence-corrected chi connectivity index (χ3v) is 4.67. The van der Waals surface area contributed by atoms with Crippen LogP contribution >= 0.6 is 0 Å². The average molecular weight is 339 g/mol. The third kappa shape index (κ3) is 4.37. The number of nitrogens with zero attached hydrogens (tertiary/aromatic N) is 2. The predicted molar refractivity (Wildman–Crippen MR) is 99.7 cm³/mol. The van der Waals surface area contributed by atoms with Gasteiger partial charge in [0.25, 0.3) is 5.91 Å². The first kappa shape index (κ1) is 17.4. The Hall–Kier alpha value is -2.40. The van der Waals surface area contributed by atoms with Crippen LogP contribution in [0.25, 0.3) is 11.1 Å². The summed E-state index contributed by atoms with van der Waals surface area (Å²) in [6, 6.07) is 10.1. The van der Waals surface area contributed by atoms with Gasteiger partial charge in [-0.25, -0.2) is 0 Å². The van der Waals surface area contributed by atoms with E-state index in [0.717, 1.165) is 29.7 Å². The van der Waals surface area contributed by atoms with Crippen molar-refractivity contribution < 1.29 is 9.90 Å². The molecule has 1 aliphatic rings. The number of amides is 1. The molecule has 1 saturated carbocycles. The van der Waals surface area contributed by atoms with Crippen LogP contribution in [0.2, 0.25) is 0 Å². The van der Waals surface area contributed by atoms with Crippen LogP contribution in [0.5, 0.6) is 0 Å². The first-order valence-corrected chi connectivity index (χ1v) is 8.73. The van der Waals surface area contributed by atoms with Crippen LogP contribution in [0, 0.1) is 5.92 Å². The lowest BCUT2D eigenvalue weighted by atomic mass is 10.0. The zero-order valence-electron chi connectivity index (χ0n) is 14.8. The van der Waals surface area contributed by atoms with Crippen molar-refractivity contribution in [3.05, 3.63) is 48.3 Å². The maximum absolute atomic E-state index is 12.5. The van der Waals surface area contributed by atoms with Gasteiger partial charge in [0.1, 0.15) is 0 Å². The molecule has 5 nitrogen and oxygen atoms in total. The molecule has 0 saturated heterocycles. The number of pyridine rings is 1. The molecule has 1 fully saturated rings. The van der Waals surface area contributed by atoms with E-state index in [0.29, 0.717) is 17.9 Å². The largest absolute Gasteiger partial charge is 0.396 e. The summed E-state index contributed by atoms with van der Waals surface area (Å²) in [7, 11) is 4.01. The van der Waals surface area contributed by atoms with Crippen molar-refractivity contribution in [3.63, 3.8) is 0 Å². The Morgan fingerprint density at radius 2 is 1.96 bits per heavy atom. The quantitative estimate of drug-likeness (QED) is 0.814. The molecule has 1 amide bonds. The lowest BCUT2D eigenvalue weighted by molar-refractivity contribution is 0.0924. The van der Waals surface area contributed by atoms with E-state index in [4.69, 9.17) is 0 Å². The summed E-state index contributed by atoms with van der Waals surface area (Å²) in [5, 5.41) is 12.2.